The quantitative estimate of drug-likeness (QED) is 0.0509. The van der Waals surface area contributed by atoms with E-state index in [4.69, 9.17) is 23.2 Å². The highest BCUT2D eigenvalue weighted by atomic mass is 35.5. The summed E-state index contributed by atoms with van der Waals surface area (Å²) >= 11 is 16.7. The van der Waals surface area contributed by atoms with Gasteiger partial charge in [-0.15, -0.1) is 23.5 Å². The predicted octanol–water partition coefficient (Wildman–Crippen LogP) is 14.2. The molecular formula is C63H65Cl2N3O2S2. The van der Waals surface area contributed by atoms with Gasteiger partial charge in [0.1, 0.15) is 5.78 Å². The van der Waals surface area contributed by atoms with E-state index in [1.54, 1.807) is 0 Å². The molecule has 2 aliphatic heterocycles. The molecule has 7 aromatic carbocycles. The van der Waals surface area contributed by atoms with Crippen molar-refractivity contribution < 1.29 is 9.59 Å². The Hall–Kier alpha value is -5.12. The van der Waals surface area contributed by atoms with Crippen LogP contribution in [0.25, 0.3) is 0 Å². The van der Waals surface area contributed by atoms with Crippen molar-refractivity contribution in [2.45, 2.75) is 66.5 Å². The molecule has 1 amide bonds. The van der Waals surface area contributed by atoms with Crippen LogP contribution in [0.5, 0.6) is 0 Å². The van der Waals surface area contributed by atoms with E-state index in [0.717, 1.165) is 56.6 Å². The van der Waals surface area contributed by atoms with Crippen molar-refractivity contribution in [1.29, 1.82) is 0 Å². The topological polar surface area (TPSA) is 52.7 Å². The van der Waals surface area contributed by atoms with Gasteiger partial charge in [-0.25, -0.2) is 0 Å². The van der Waals surface area contributed by atoms with E-state index in [2.05, 4.69) is 203 Å². The number of carbonyl (C=O) groups excluding carboxylic acids is 2. The lowest BCUT2D eigenvalue weighted by Gasteiger charge is -2.44. The van der Waals surface area contributed by atoms with Crippen LogP contribution in [-0.2, 0) is 19.1 Å². The first kappa shape index (κ1) is 51.8. The zero-order valence-electron chi connectivity index (χ0n) is 41.1. The van der Waals surface area contributed by atoms with Crippen molar-refractivity contribution >= 4 is 58.4 Å². The Bertz CT molecular complexity index is 2620. The number of benzene rings is 7. The molecule has 0 radical (unpaired) electrons. The summed E-state index contributed by atoms with van der Waals surface area (Å²) in [6.07, 6.45) is 4.42. The molecule has 0 spiro atoms. The van der Waals surface area contributed by atoms with Crippen molar-refractivity contribution in [3.8, 4) is 0 Å². The molecule has 0 aromatic heterocycles. The molecular weight excluding hydrogens is 966 g/mol. The zero-order chi connectivity index (χ0) is 49.8. The van der Waals surface area contributed by atoms with Gasteiger partial charge in [-0.05, 0) is 95.8 Å². The number of amides is 1. The van der Waals surface area contributed by atoms with Gasteiger partial charge in [-0.2, -0.15) is 0 Å². The lowest BCUT2D eigenvalue weighted by Crippen LogP contribution is -2.51. The SMILES string of the molecule is CCC(=O)C1C(c2ccc(Cl)c(Cl)c2)CC2CCC1N2CCCN(CCSC(c1ccccc1)(c1ccccc1)c1ccccc1)CC(=O)NCCSC(c1ccccc1)(c1ccccc1)c1ccccc1. The van der Waals surface area contributed by atoms with Gasteiger partial charge < -0.3 is 5.32 Å². The summed E-state index contributed by atoms with van der Waals surface area (Å²) in [6, 6.07) is 71.2. The monoisotopic (exact) mass is 1030 g/mol. The fourth-order valence-electron chi connectivity index (χ4n) is 11.7. The Kier molecular flexibility index (Phi) is 17.8. The lowest BCUT2D eigenvalue weighted by atomic mass is 9.73. The van der Waals surface area contributed by atoms with E-state index in [1.807, 2.05) is 42.6 Å². The van der Waals surface area contributed by atoms with E-state index < -0.39 is 9.49 Å². The molecule has 0 saturated carbocycles. The maximum Gasteiger partial charge on any atom is 0.234 e. The number of nitrogens with zero attached hydrogens (tertiary/aromatic N) is 2. The number of nitrogens with one attached hydrogen (secondary N) is 1. The number of fused-ring (bicyclic) bond motifs is 2. The second-order valence-corrected chi connectivity index (χ2v) is 22.6. The molecule has 4 atom stereocenters. The summed E-state index contributed by atoms with van der Waals surface area (Å²) < 4.78 is -0.923. The van der Waals surface area contributed by atoms with Crippen molar-refractivity contribution in [2.75, 3.05) is 44.2 Å². The number of ketones is 1. The number of rotatable bonds is 23. The van der Waals surface area contributed by atoms with Gasteiger partial charge in [0.15, 0.2) is 0 Å². The third kappa shape index (κ3) is 11.5. The third-order valence-corrected chi connectivity index (χ3v) is 18.8. The second-order valence-electron chi connectivity index (χ2n) is 19.1. The summed E-state index contributed by atoms with van der Waals surface area (Å²) in [5.41, 5.74) is 8.41. The van der Waals surface area contributed by atoms with E-state index in [0.29, 0.717) is 47.1 Å². The van der Waals surface area contributed by atoms with Crippen LogP contribution in [0.2, 0.25) is 10.0 Å². The Morgan fingerprint density at radius 2 is 1.06 bits per heavy atom. The first-order valence-electron chi connectivity index (χ1n) is 25.7. The largest absolute Gasteiger partial charge is 0.354 e. The highest BCUT2D eigenvalue weighted by Gasteiger charge is 2.49. The second kappa shape index (κ2) is 24.7. The van der Waals surface area contributed by atoms with Gasteiger partial charge in [0.2, 0.25) is 5.91 Å². The molecule has 9 heteroatoms. The van der Waals surface area contributed by atoms with Gasteiger partial charge in [0.05, 0.1) is 26.1 Å². The summed E-state index contributed by atoms with van der Waals surface area (Å²) in [7, 11) is 0. The number of halogens is 2. The first-order valence-corrected chi connectivity index (χ1v) is 28.4. The molecule has 370 valence electrons. The summed E-state index contributed by atoms with van der Waals surface area (Å²) in [6.45, 7) is 5.18. The smallest absolute Gasteiger partial charge is 0.234 e. The normalized spacial score (nSPS) is 18.0. The molecule has 2 bridgehead atoms. The van der Waals surface area contributed by atoms with Crippen LogP contribution in [-0.4, -0.2) is 77.8 Å². The summed E-state index contributed by atoms with van der Waals surface area (Å²) in [5.74, 6) is 1.89. The van der Waals surface area contributed by atoms with E-state index in [1.165, 1.54) is 33.4 Å². The van der Waals surface area contributed by atoms with Crippen LogP contribution in [0, 0.1) is 5.92 Å². The zero-order valence-corrected chi connectivity index (χ0v) is 44.3. The van der Waals surface area contributed by atoms with Crippen molar-refractivity contribution in [3.63, 3.8) is 0 Å². The number of hydrogen-bond donors (Lipinski definition) is 1. The molecule has 5 nitrogen and oxygen atoms in total. The molecule has 7 aromatic rings. The minimum absolute atomic E-state index is 0.0295. The van der Waals surface area contributed by atoms with Gasteiger partial charge >= 0.3 is 0 Å². The van der Waals surface area contributed by atoms with E-state index in [9.17, 15) is 9.59 Å². The highest BCUT2D eigenvalue weighted by Crippen LogP contribution is 2.51. The Morgan fingerprint density at radius 1 is 0.597 bits per heavy atom. The molecule has 9 rings (SSSR count). The molecule has 72 heavy (non-hydrogen) atoms. The summed E-state index contributed by atoms with van der Waals surface area (Å²) in [4.78, 5) is 33.2. The minimum atomic E-state index is -0.462. The van der Waals surface area contributed by atoms with Crippen molar-refractivity contribution in [2.24, 2.45) is 5.92 Å². The van der Waals surface area contributed by atoms with Crippen molar-refractivity contribution in [3.05, 3.63) is 249 Å². The number of thioether (sulfide) groups is 2. The maximum atomic E-state index is 14.3. The average molecular weight is 1030 g/mol. The van der Waals surface area contributed by atoms with Crippen LogP contribution in [0.15, 0.2) is 200 Å². The van der Waals surface area contributed by atoms with E-state index >= 15 is 0 Å². The van der Waals surface area contributed by atoms with E-state index in [-0.39, 0.29) is 23.8 Å². The molecule has 2 fully saturated rings. The van der Waals surface area contributed by atoms with Crippen LogP contribution in [0.4, 0.5) is 0 Å². The molecule has 2 saturated heterocycles. The van der Waals surface area contributed by atoms with Crippen molar-refractivity contribution in [1.82, 2.24) is 15.1 Å². The van der Waals surface area contributed by atoms with Gasteiger partial charge in [0.25, 0.3) is 0 Å². The van der Waals surface area contributed by atoms with Crippen LogP contribution >= 0.6 is 46.7 Å². The molecule has 0 aliphatic carbocycles. The number of carbonyl (C=O) groups is 2. The minimum Gasteiger partial charge on any atom is -0.354 e. The lowest BCUT2D eigenvalue weighted by molar-refractivity contribution is -0.127. The maximum absolute atomic E-state index is 14.3. The van der Waals surface area contributed by atoms with Gasteiger partial charge in [-0.1, -0.05) is 218 Å². The third-order valence-electron chi connectivity index (χ3n) is 15.0. The summed E-state index contributed by atoms with van der Waals surface area (Å²) in [5, 5.41) is 4.45. The molecule has 2 heterocycles. The Morgan fingerprint density at radius 3 is 1.50 bits per heavy atom. The van der Waals surface area contributed by atoms with Crippen LogP contribution in [0.1, 0.15) is 83.9 Å². The first-order chi connectivity index (χ1) is 35.3. The number of Topliss-reactive ketones (excluding diaryl/α,β-unsaturated/α-hetero) is 1. The highest BCUT2D eigenvalue weighted by molar-refractivity contribution is 8.00. The molecule has 2 aliphatic rings. The Labute approximate surface area is 446 Å². The predicted molar refractivity (Wildman–Crippen MR) is 304 cm³/mol. The van der Waals surface area contributed by atoms with Gasteiger partial charge in [0, 0.05) is 49.0 Å². The average Bonchev–Trinajstić information content (AvgIpc) is 3.71. The number of piperidine rings is 1. The standard InChI is InChI=1S/C63H65Cl2N3O2S2/c1-2-59(69)61-55(47-34-36-56(64)57(65)44-47)45-54-35-37-58(61)68(54)40-21-39-67(41-43-72-63(51-28-15-6-16-29-51,52-30-17-7-18-31-52)53-32-19-8-20-33-53)46-60(70)66-38-42-71-62(48-22-9-3-10-23-48,49-24-11-4-12-25-49)50-26-13-5-14-27-50/h3-20,22-34,36,44,54-55,58,61H,2,21,35,37-43,45-46H2,1H3,(H,66,70). The van der Waals surface area contributed by atoms with Crippen LogP contribution in [0.3, 0.4) is 0 Å². The van der Waals surface area contributed by atoms with Crippen LogP contribution < -0.4 is 5.32 Å². The molecule has 4 unspecified atom stereocenters. The fraction of sp³-hybridized carbons (Fsp3) is 0.302. The number of hydrogen-bond acceptors (Lipinski definition) is 6. The van der Waals surface area contributed by atoms with Gasteiger partial charge in [-0.3, -0.25) is 19.4 Å². The fourth-order valence-corrected chi connectivity index (χ4v) is 15.0. The Balaban J connectivity index is 0.936. The molecule has 1 N–H and O–H groups in total.